The Hall–Kier alpha value is 0.260. The lowest BCUT2D eigenvalue weighted by Gasteiger charge is -1.92. The topological polar surface area (TPSA) is 0 Å². The Morgan fingerprint density at radius 3 is 2.92 bits per heavy atom. The zero-order chi connectivity index (χ0) is 8.72. The predicted molar refractivity (Wildman–Crippen MR) is 66.5 cm³/mol. The molecule has 0 spiro atoms. The number of halogens is 1. The second-order valence-electron chi connectivity index (χ2n) is 2.68. The molecule has 0 nitrogen and oxygen atoms in total. The number of hydrogen-bond donors (Lipinski definition) is 1. The maximum absolute atomic E-state index is 4.32. The highest BCUT2D eigenvalue weighted by atomic mass is 127. The average molecular weight is 306 g/mol. The molecular weight excluding hydrogens is 299 g/mol. The van der Waals surface area contributed by atoms with Crippen LogP contribution in [0.4, 0.5) is 0 Å². The van der Waals surface area contributed by atoms with Crippen molar-refractivity contribution in [2.45, 2.75) is 11.8 Å². The summed E-state index contributed by atoms with van der Waals surface area (Å²) in [6, 6.07) is 6.31. The van der Waals surface area contributed by atoms with Crippen molar-refractivity contribution in [1.29, 1.82) is 0 Å². The molecule has 0 atom stereocenters. The highest BCUT2D eigenvalue weighted by Crippen LogP contribution is 2.32. The molecule has 3 heteroatoms. The van der Waals surface area contributed by atoms with Crippen LogP contribution < -0.4 is 0 Å². The molecule has 2 rings (SSSR count). The molecule has 0 N–H and O–H groups in total. The number of fused-ring (bicyclic) bond motifs is 1. The van der Waals surface area contributed by atoms with E-state index < -0.39 is 0 Å². The fraction of sp³-hybridized carbons (Fsp3) is 0.111. The van der Waals surface area contributed by atoms with Gasteiger partial charge in [0, 0.05) is 9.60 Å². The summed E-state index contributed by atoms with van der Waals surface area (Å²) in [5.41, 5.74) is 1.38. The Morgan fingerprint density at radius 2 is 2.17 bits per heavy atom. The van der Waals surface area contributed by atoms with Gasteiger partial charge in [0.1, 0.15) is 0 Å². The Kier molecular flexibility index (Phi) is 2.35. The van der Waals surface area contributed by atoms with E-state index in [0.717, 1.165) is 4.90 Å². The van der Waals surface area contributed by atoms with Crippen molar-refractivity contribution >= 4 is 56.6 Å². The molecule has 62 valence electrons. The molecule has 0 saturated heterocycles. The van der Waals surface area contributed by atoms with E-state index in [-0.39, 0.29) is 0 Å². The summed E-state index contributed by atoms with van der Waals surface area (Å²) in [5.74, 6) is 0. The number of rotatable bonds is 0. The van der Waals surface area contributed by atoms with Crippen LogP contribution in [0.3, 0.4) is 0 Å². The van der Waals surface area contributed by atoms with Gasteiger partial charge in [-0.15, -0.1) is 24.0 Å². The van der Waals surface area contributed by atoms with E-state index in [1.54, 1.807) is 0 Å². The lowest BCUT2D eigenvalue weighted by molar-refractivity contribution is 1.50. The van der Waals surface area contributed by atoms with Gasteiger partial charge >= 0.3 is 0 Å². The molecule has 0 amide bonds. The minimum absolute atomic E-state index is 1.04. The highest BCUT2D eigenvalue weighted by molar-refractivity contribution is 14.1. The van der Waals surface area contributed by atoms with E-state index in [9.17, 15) is 0 Å². The molecular formula is C9H7IS2. The van der Waals surface area contributed by atoms with E-state index in [2.05, 4.69) is 54.3 Å². The van der Waals surface area contributed by atoms with Crippen molar-refractivity contribution in [3.8, 4) is 0 Å². The van der Waals surface area contributed by atoms with Crippen LogP contribution in [0.2, 0.25) is 0 Å². The summed E-state index contributed by atoms with van der Waals surface area (Å²) in [6.45, 7) is 2.16. The summed E-state index contributed by atoms with van der Waals surface area (Å²) >= 11 is 8.54. The first-order valence-electron chi connectivity index (χ1n) is 3.56. The molecule has 0 unspecified atom stereocenters. The number of hydrogen-bond acceptors (Lipinski definition) is 2. The zero-order valence-electron chi connectivity index (χ0n) is 6.47. The highest BCUT2D eigenvalue weighted by Gasteiger charge is 2.04. The fourth-order valence-corrected chi connectivity index (χ4v) is 3.30. The lowest BCUT2D eigenvalue weighted by Crippen LogP contribution is -1.70. The summed E-state index contributed by atoms with van der Waals surface area (Å²) in [5, 5.41) is 1.34. The Balaban J connectivity index is 2.88. The number of thiophene rings is 1. The molecule has 0 aliphatic carbocycles. The van der Waals surface area contributed by atoms with E-state index in [4.69, 9.17) is 0 Å². The van der Waals surface area contributed by atoms with Crippen LogP contribution >= 0.6 is 46.6 Å². The second kappa shape index (κ2) is 3.20. The van der Waals surface area contributed by atoms with E-state index in [1.807, 2.05) is 17.4 Å². The Labute approximate surface area is 94.5 Å². The van der Waals surface area contributed by atoms with Gasteiger partial charge in [-0.3, -0.25) is 0 Å². The molecule has 12 heavy (non-hydrogen) atoms. The lowest BCUT2D eigenvalue weighted by atomic mass is 10.2. The van der Waals surface area contributed by atoms with Gasteiger partial charge in [0.25, 0.3) is 0 Å². The normalized spacial score (nSPS) is 10.9. The first-order valence-corrected chi connectivity index (χ1v) is 5.90. The predicted octanol–water partition coefficient (Wildman–Crippen LogP) is 4.10. The minimum atomic E-state index is 1.04. The van der Waals surface area contributed by atoms with E-state index in [1.165, 1.54) is 18.5 Å². The number of aryl methyl sites for hydroxylation is 1. The average Bonchev–Trinajstić information content (AvgIpc) is 2.31. The molecule has 1 aromatic carbocycles. The van der Waals surface area contributed by atoms with Gasteiger partial charge in [0.15, 0.2) is 0 Å². The Bertz CT molecular complexity index is 431. The van der Waals surface area contributed by atoms with E-state index in [0.29, 0.717) is 0 Å². The van der Waals surface area contributed by atoms with Crippen molar-refractivity contribution in [2.24, 2.45) is 0 Å². The minimum Gasteiger partial charge on any atom is -0.143 e. The first-order chi connectivity index (χ1) is 5.68. The largest absolute Gasteiger partial charge is 0.143 e. The molecule has 1 heterocycles. The SMILES string of the molecule is Cc1c(I)sc2ccc(S)cc12. The van der Waals surface area contributed by atoms with Crippen LogP contribution in [0.5, 0.6) is 0 Å². The first kappa shape index (κ1) is 8.84. The van der Waals surface area contributed by atoms with Crippen LogP contribution in [-0.2, 0) is 0 Å². The van der Waals surface area contributed by atoms with Crippen LogP contribution in [0, 0.1) is 9.81 Å². The summed E-state index contributed by atoms with van der Waals surface area (Å²) in [6.07, 6.45) is 0. The summed E-state index contributed by atoms with van der Waals surface area (Å²) in [7, 11) is 0. The van der Waals surface area contributed by atoms with Gasteiger partial charge in [0.2, 0.25) is 0 Å². The van der Waals surface area contributed by atoms with Crippen molar-refractivity contribution in [3.05, 3.63) is 26.6 Å². The van der Waals surface area contributed by atoms with Crippen LogP contribution in [0.25, 0.3) is 10.1 Å². The van der Waals surface area contributed by atoms with Gasteiger partial charge in [-0.2, -0.15) is 0 Å². The maximum atomic E-state index is 4.32. The van der Waals surface area contributed by atoms with Crippen molar-refractivity contribution in [2.75, 3.05) is 0 Å². The van der Waals surface area contributed by atoms with Crippen molar-refractivity contribution in [3.63, 3.8) is 0 Å². The van der Waals surface area contributed by atoms with Crippen molar-refractivity contribution < 1.29 is 0 Å². The molecule has 0 aliphatic rings. The monoisotopic (exact) mass is 306 g/mol. The third kappa shape index (κ3) is 1.38. The van der Waals surface area contributed by atoms with Crippen LogP contribution in [0.1, 0.15) is 5.56 Å². The number of thiol groups is 1. The molecule has 1 aromatic heterocycles. The molecule has 0 fully saturated rings. The molecule has 0 radical (unpaired) electrons. The Morgan fingerprint density at radius 1 is 1.42 bits per heavy atom. The quantitative estimate of drug-likeness (QED) is 0.550. The summed E-state index contributed by atoms with van der Waals surface area (Å²) in [4.78, 5) is 1.04. The van der Waals surface area contributed by atoms with E-state index >= 15 is 0 Å². The third-order valence-electron chi connectivity index (χ3n) is 1.86. The summed E-state index contributed by atoms with van der Waals surface area (Å²) < 4.78 is 2.73. The van der Waals surface area contributed by atoms with Gasteiger partial charge in [-0.25, -0.2) is 0 Å². The van der Waals surface area contributed by atoms with Gasteiger partial charge < -0.3 is 0 Å². The smallest absolute Gasteiger partial charge is 0.0695 e. The molecule has 2 aromatic rings. The van der Waals surface area contributed by atoms with Gasteiger partial charge in [-0.05, 0) is 58.7 Å². The standard InChI is InChI=1S/C9H7IS2/c1-5-7-4-6(11)2-3-8(7)12-9(5)10/h2-4,11H,1H3. The third-order valence-corrected chi connectivity index (χ3v) is 4.67. The zero-order valence-corrected chi connectivity index (χ0v) is 10.3. The fourth-order valence-electron chi connectivity index (χ4n) is 1.18. The van der Waals surface area contributed by atoms with Crippen molar-refractivity contribution in [1.82, 2.24) is 0 Å². The maximum Gasteiger partial charge on any atom is 0.0695 e. The van der Waals surface area contributed by atoms with Gasteiger partial charge in [0.05, 0.1) is 2.88 Å². The van der Waals surface area contributed by atoms with Gasteiger partial charge in [-0.1, -0.05) is 0 Å². The van der Waals surface area contributed by atoms with Crippen LogP contribution in [0.15, 0.2) is 23.1 Å². The molecule has 0 saturated carbocycles. The molecule has 0 bridgehead atoms. The number of benzene rings is 1. The molecule has 0 aliphatic heterocycles. The van der Waals surface area contributed by atoms with Crippen LogP contribution in [-0.4, -0.2) is 0 Å². The second-order valence-corrected chi connectivity index (χ2v) is 6.06.